The number of esters is 1. The van der Waals surface area contributed by atoms with Crippen molar-refractivity contribution in [3.8, 4) is 0 Å². The van der Waals surface area contributed by atoms with Crippen LogP contribution in [0.25, 0.3) is 11.2 Å². The van der Waals surface area contributed by atoms with Gasteiger partial charge >= 0.3 is 5.97 Å². The summed E-state index contributed by atoms with van der Waals surface area (Å²) in [6, 6.07) is 32.8. The number of aromatic amines is 1. The van der Waals surface area contributed by atoms with Crippen molar-refractivity contribution < 1.29 is 28.9 Å². The SMILES string of the molecule is Cc1ccc(C(OC[C@H]2O[C@@H](n3cnc4c(=O)[nH]c(NC(=O)C(C)C)nc43)[C@H](OC(=O)c3ccccc3)[C@@H]2O)(c2ccc(C)cc2)c2ccc(C)cc2)cc1. The molecule has 0 spiro atoms. The fraction of sp³-hybridized carbons (Fsp3) is 0.279. The molecule has 12 nitrogen and oxygen atoms in total. The number of aliphatic hydroxyl groups excluding tert-OH is 1. The molecule has 1 aliphatic heterocycles. The Morgan fingerprint density at radius 3 is 1.95 bits per heavy atom. The number of fused-ring (bicyclic) bond motifs is 1. The Morgan fingerprint density at radius 1 is 0.873 bits per heavy atom. The van der Waals surface area contributed by atoms with E-state index < -0.39 is 41.7 Å². The van der Waals surface area contributed by atoms with Gasteiger partial charge in [-0.15, -0.1) is 0 Å². The zero-order valence-corrected chi connectivity index (χ0v) is 31.2. The van der Waals surface area contributed by atoms with Crippen LogP contribution < -0.4 is 10.9 Å². The average Bonchev–Trinajstić information content (AvgIpc) is 3.74. The number of aryl methyl sites for hydroxylation is 3. The Morgan fingerprint density at radius 2 is 1.42 bits per heavy atom. The van der Waals surface area contributed by atoms with E-state index in [2.05, 4.69) is 20.3 Å². The van der Waals surface area contributed by atoms with Crippen LogP contribution in [0.15, 0.2) is 114 Å². The molecule has 0 saturated carbocycles. The van der Waals surface area contributed by atoms with Crippen molar-refractivity contribution in [2.45, 2.75) is 64.8 Å². The van der Waals surface area contributed by atoms with Gasteiger partial charge in [0.25, 0.3) is 5.56 Å². The van der Waals surface area contributed by atoms with Crippen molar-refractivity contribution in [2.75, 3.05) is 11.9 Å². The van der Waals surface area contributed by atoms with Gasteiger partial charge in [-0.1, -0.05) is 122 Å². The van der Waals surface area contributed by atoms with Gasteiger partial charge in [0.15, 0.2) is 23.5 Å². The summed E-state index contributed by atoms with van der Waals surface area (Å²) in [6.45, 7) is 9.34. The summed E-state index contributed by atoms with van der Waals surface area (Å²) < 4.78 is 21.1. The summed E-state index contributed by atoms with van der Waals surface area (Å²) >= 11 is 0. The van der Waals surface area contributed by atoms with Gasteiger partial charge in [-0.25, -0.2) is 9.78 Å². The summed E-state index contributed by atoms with van der Waals surface area (Å²) in [6.07, 6.45) is -3.60. The minimum Gasteiger partial charge on any atom is -0.451 e. The number of H-pyrrole nitrogens is 1. The second kappa shape index (κ2) is 15.4. The highest BCUT2D eigenvalue weighted by molar-refractivity contribution is 5.91. The molecule has 55 heavy (non-hydrogen) atoms. The Hall–Kier alpha value is -5.95. The highest BCUT2D eigenvalue weighted by Gasteiger charge is 2.50. The normalized spacial score (nSPS) is 18.5. The number of aromatic nitrogens is 4. The van der Waals surface area contributed by atoms with Gasteiger partial charge in [-0.3, -0.25) is 24.5 Å². The van der Waals surface area contributed by atoms with Crippen LogP contribution in [0, 0.1) is 26.7 Å². The molecule has 1 aliphatic rings. The first-order valence-corrected chi connectivity index (χ1v) is 18.2. The van der Waals surface area contributed by atoms with Crippen LogP contribution >= 0.6 is 0 Å². The fourth-order valence-corrected chi connectivity index (χ4v) is 6.73. The third-order valence-electron chi connectivity index (χ3n) is 9.88. The molecule has 0 bridgehead atoms. The lowest BCUT2D eigenvalue weighted by Crippen LogP contribution is -2.40. The van der Waals surface area contributed by atoms with Crippen LogP contribution in [0.2, 0.25) is 0 Å². The Balaban J connectivity index is 1.30. The van der Waals surface area contributed by atoms with E-state index in [0.29, 0.717) is 0 Å². The van der Waals surface area contributed by atoms with Gasteiger partial charge in [-0.2, -0.15) is 4.98 Å². The number of imidazole rings is 1. The van der Waals surface area contributed by atoms with Crippen molar-refractivity contribution in [3.63, 3.8) is 0 Å². The van der Waals surface area contributed by atoms with Gasteiger partial charge < -0.3 is 19.3 Å². The zero-order chi connectivity index (χ0) is 38.9. The van der Waals surface area contributed by atoms with Crippen LogP contribution in [0.3, 0.4) is 0 Å². The second-order valence-electron chi connectivity index (χ2n) is 14.3. The summed E-state index contributed by atoms with van der Waals surface area (Å²) in [5.41, 5.74) is 4.37. The third-order valence-corrected chi connectivity index (χ3v) is 9.88. The number of benzene rings is 4. The Labute approximate surface area is 318 Å². The minimum atomic E-state index is -1.40. The first-order chi connectivity index (χ1) is 26.4. The number of carbonyl (C=O) groups excluding carboxylic acids is 2. The number of anilines is 1. The second-order valence-corrected chi connectivity index (χ2v) is 14.3. The largest absolute Gasteiger partial charge is 0.451 e. The molecule has 7 rings (SSSR count). The molecule has 0 radical (unpaired) electrons. The summed E-state index contributed by atoms with van der Waals surface area (Å²) in [4.78, 5) is 50.5. The van der Waals surface area contributed by atoms with Crippen LogP contribution in [0.4, 0.5) is 5.95 Å². The summed E-state index contributed by atoms with van der Waals surface area (Å²) in [7, 11) is 0. The van der Waals surface area contributed by atoms with Gasteiger partial charge in [-0.05, 0) is 49.6 Å². The number of aliphatic hydroxyl groups is 1. The van der Waals surface area contributed by atoms with Gasteiger partial charge in [0.1, 0.15) is 17.8 Å². The van der Waals surface area contributed by atoms with Gasteiger partial charge in [0.2, 0.25) is 11.9 Å². The van der Waals surface area contributed by atoms with Crippen molar-refractivity contribution in [2.24, 2.45) is 5.92 Å². The van der Waals surface area contributed by atoms with E-state index in [1.54, 1.807) is 44.2 Å². The molecule has 1 saturated heterocycles. The Kier molecular flexibility index (Phi) is 10.5. The topological polar surface area (TPSA) is 158 Å². The highest BCUT2D eigenvalue weighted by Crippen LogP contribution is 2.43. The van der Waals surface area contributed by atoms with E-state index in [-0.39, 0.29) is 41.1 Å². The van der Waals surface area contributed by atoms with Crippen LogP contribution in [0.1, 0.15) is 63.8 Å². The quantitative estimate of drug-likeness (QED) is 0.105. The molecule has 282 valence electrons. The highest BCUT2D eigenvalue weighted by atomic mass is 16.6. The molecule has 0 unspecified atom stereocenters. The molecular weight excluding hydrogens is 699 g/mol. The van der Waals surface area contributed by atoms with Crippen molar-refractivity contribution in [3.05, 3.63) is 159 Å². The van der Waals surface area contributed by atoms with E-state index in [9.17, 15) is 19.5 Å². The number of hydrogen-bond acceptors (Lipinski definition) is 9. The van der Waals surface area contributed by atoms with Gasteiger partial charge in [0, 0.05) is 5.92 Å². The smallest absolute Gasteiger partial charge is 0.338 e. The maximum absolute atomic E-state index is 13.5. The molecule has 4 aromatic carbocycles. The predicted octanol–water partition coefficient (Wildman–Crippen LogP) is 6.13. The van der Waals surface area contributed by atoms with E-state index >= 15 is 0 Å². The third kappa shape index (κ3) is 7.44. The van der Waals surface area contributed by atoms with Crippen molar-refractivity contribution in [1.82, 2.24) is 19.5 Å². The lowest BCUT2D eigenvalue weighted by Gasteiger charge is -2.37. The molecule has 6 aromatic rings. The van der Waals surface area contributed by atoms with Crippen molar-refractivity contribution >= 4 is 29.0 Å². The lowest BCUT2D eigenvalue weighted by molar-refractivity contribution is -0.118. The molecule has 3 N–H and O–H groups in total. The first-order valence-electron chi connectivity index (χ1n) is 18.2. The van der Waals surface area contributed by atoms with Crippen LogP contribution in [0.5, 0.6) is 0 Å². The molecule has 3 heterocycles. The number of amides is 1. The predicted molar refractivity (Wildman–Crippen MR) is 207 cm³/mol. The molecular formula is C43H43N5O7. The number of nitrogens with zero attached hydrogens (tertiary/aromatic N) is 3. The molecule has 1 fully saturated rings. The monoisotopic (exact) mass is 741 g/mol. The molecule has 12 heteroatoms. The van der Waals surface area contributed by atoms with Crippen LogP contribution in [-0.2, 0) is 24.6 Å². The van der Waals surface area contributed by atoms with E-state index in [0.717, 1.165) is 33.4 Å². The van der Waals surface area contributed by atoms with E-state index in [4.69, 9.17) is 14.2 Å². The van der Waals surface area contributed by atoms with E-state index in [1.807, 2.05) is 93.6 Å². The standard InChI is InChI=1S/C43H43N5O7/c1-25(2)38(50)46-42-45-37-34(39(51)47-42)44-24-48(37)40-36(55-41(52)29-9-7-6-8-10-29)35(49)33(54-40)23-53-43(30-17-11-26(3)12-18-30,31-19-13-27(4)14-20-31)32-21-15-28(5)16-22-32/h6-22,24-25,33,35-36,40,49H,23H2,1-5H3,(H2,45,46,47,50,51)/t33-,35-,36-,40-/m1/s1. The van der Waals surface area contributed by atoms with Crippen LogP contribution in [-0.4, -0.2) is 61.4 Å². The summed E-state index contributed by atoms with van der Waals surface area (Å²) in [5, 5.41) is 14.6. The molecule has 4 atom stereocenters. The van der Waals surface area contributed by atoms with E-state index in [1.165, 1.54) is 10.9 Å². The number of ether oxygens (including phenoxy) is 3. The van der Waals surface area contributed by atoms with Gasteiger partial charge in [0.05, 0.1) is 18.5 Å². The number of carbonyl (C=O) groups is 2. The zero-order valence-electron chi connectivity index (χ0n) is 31.2. The molecule has 0 aliphatic carbocycles. The lowest BCUT2D eigenvalue weighted by atomic mass is 9.79. The maximum Gasteiger partial charge on any atom is 0.338 e. The average molecular weight is 742 g/mol. The van der Waals surface area contributed by atoms with Crippen molar-refractivity contribution in [1.29, 1.82) is 0 Å². The summed E-state index contributed by atoms with van der Waals surface area (Å²) in [5.74, 6) is -1.51. The molecule has 1 amide bonds. The maximum atomic E-state index is 13.5. The number of hydrogen-bond donors (Lipinski definition) is 3. The fourth-order valence-electron chi connectivity index (χ4n) is 6.73. The first kappa shape index (κ1) is 37.4. The molecule has 2 aromatic heterocycles. The Bertz CT molecular complexity index is 2240. The minimum absolute atomic E-state index is 0.0365. The number of nitrogens with one attached hydrogen (secondary N) is 2. The number of rotatable bonds is 11.